The van der Waals surface area contributed by atoms with Gasteiger partial charge in [0, 0.05) is 10.8 Å². The molecule has 0 radical (unpaired) electrons. The van der Waals surface area contributed by atoms with E-state index in [-0.39, 0.29) is 11.3 Å². The van der Waals surface area contributed by atoms with Crippen LogP contribution in [0.25, 0.3) is 27.5 Å². The van der Waals surface area contributed by atoms with E-state index in [9.17, 15) is 18.4 Å². The van der Waals surface area contributed by atoms with Crippen LogP contribution in [-0.2, 0) is 6.18 Å². The Balaban J connectivity index is 2.25. The van der Waals surface area contributed by atoms with Gasteiger partial charge in [-0.2, -0.15) is 18.4 Å². The fraction of sp³-hybridized carbons (Fsp3) is 0.0500. The molecular formula is C20H11F3N2. The lowest BCUT2D eigenvalue weighted by molar-refractivity contribution is -0.137. The first kappa shape index (κ1) is 15.3. The highest BCUT2D eigenvalue weighted by molar-refractivity contribution is 6.09. The second kappa shape index (κ2) is 5.38. The Morgan fingerprint density at radius 2 is 1.32 bits per heavy atom. The summed E-state index contributed by atoms with van der Waals surface area (Å²) in [5, 5.41) is 11.1. The summed E-state index contributed by atoms with van der Waals surface area (Å²) in [6.07, 6.45) is -4.56. The quantitative estimate of drug-likeness (QED) is 0.440. The Morgan fingerprint density at radius 3 is 1.84 bits per heavy atom. The second-order valence-corrected chi connectivity index (χ2v) is 5.68. The molecule has 0 spiro atoms. The van der Waals surface area contributed by atoms with Gasteiger partial charge in [0.2, 0.25) is 0 Å². The zero-order valence-corrected chi connectivity index (χ0v) is 12.9. The lowest BCUT2D eigenvalue weighted by atomic mass is 10.1. The Hall–Kier alpha value is -3.26. The van der Waals surface area contributed by atoms with Crippen molar-refractivity contribution in [3.63, 3.8) is 0 Å². The normalized spacial score (nSPS) is 11.8. The molecule has 5 heteroatoms. The Labute approximate surface area is 141 Å². The molecule has 0 aliphatic heterocycles. The number of hydrogen-bond acceptors (Lipinski definition) is 1. The Morgan fingerprint density at radius 1 is 0.760 bits per heavy atom. The minimum absolute atomic E-state index is 0.0127. The van der Waals surface area contributed by atoms with Gasteiger partial charge in [0.25, 0.3) is 0 Å². The molecular weight excluding hydrogens is 325 g/mol. The van der Waals surface area contributed by atoms with Crippen molar-refractivity contribution in [3.05, 3.63) is 77.9 Å². The number of nitrogens with zero attached hydrogens (tertiary/aromatic N) is 2. The summed E-state index contributed by atoms with van der Waals surface area (Å²) in [4.78, 5) is 0. The van der Waals surface area contributed by atoms with E-state index < -0.39 is 11.7 Å². The Bertz CT molecular complexity index is 1090. The van der Waals surface area contributed by atoms with Crippen LogP contribution in [0.3, 0.4) is 0 Å². The molecule has 1 heterocycles. The number of nitriles is 1. The molecule has 0 aliphatic rings. The second-order valence-electron chi connectivity index (χ2n) is 5.68. The first-order valence-electron chi connectivity index (χ1n) is 7.61. The molecule has 0 saturated carbocycles. The number of para-hydroxylation sites is 3. The summed E-state index contributed by atoms with van der Waals surface area (Å²) < 4.78 is 42.4. The summed E-state index contributed by atoms with van der Waals surface area (Å²) in [6.45, 7) is 0. The van der Waals surface area contributed by atoms with Crippen LogP contribution < -0.4 is 0 Å². The van der Waals surface area contributed by atoms with Crippen molar-refractivity contribution in [2.24, 2.45) is 0 Å². The van der Waals surface area contributed by atoms with Crippen molar-refractivity contribution in [1.29, 1.82) is 5.26 Å². The van der Waals surface area contributed by atoms with Gasteiger partial charge in [-0.15, -0.1) is 0 Å². The summed E-state index contributed by atoms with van der Waals surface area (Å²) in [5.41, 5.74) is 0.308. The molecule has 3 aromatic carbocycles. The van der Waals surface area contributed by atoms with Gasteiger partial charge in [0.15, 0.2) is 0 Å². The minimum Gasteiger partial charge on any atom is -0.307 e. The third-order valence-electron chi connectivity index (χ3n) is 4.27. The van der Waals surface area contributed by atoms with Gasteiger partial charge in [-0.05, 0) is 24.3 Å². The monoisotopic (exact) mass is 336 g/mol. The van der Waals surface area contributed by atoms with Crippen molar-refractivity contribution in [2.75, 3.05) is 0 Å². The zero-order chi connectivity index (χ0) is 17.6. The largest absolute Gasteiger partial charge is 0.418 e. The van der Waals surface area contributed by atoms with Crippen molar-refractivity contribution in [2.45, 2.75) is 6.18 Å². The predicted octanol–water partition coefficient (Wildman–Crippen LogP) is 5.67. The average molecular weight is 336 g/mol. The van der Waals surface area contributed by atoms with Crippen molar-refractivity contribution < 1.29 is 13.2 Å². The molecule has 4 aromatic rings. The van der Waals surface area contributed by atoms with Crippen LogP contribution in [0.1, 0.15) is 11.1 Å². The first-order valence-corrected chi connectivity index (χ1v) is 7.61. The molecule has 25 heavy (non-hydrogen) atoms. The number of halogens is 3. The summed E-state index contributed by atoms with van der Waals surface area (Å²) in [7, 11) is 0. The summed E-state index contributed by atoms with van der Waals surface area (Å²) in [5.74, 6) is 0. The lowest BCUT2D eigenvalue weighted by Gasteiger charge is -2.17. The zero-order valence-electron chi connectivity index (χ0n) is 12.9. The number of rotatable bonds is 1. The highest BCUT2D eigenvalue weighted by Gasteiger charge is 2.35. The summed E-state index contributed by atoms with van der Waals surface area (Å²) >= 11 is 0. The van der Waals surface area contributed by atoms with Crippen molar-refractivity contribution in [1.82, 2.24) is 4.57 Å². The molecule has 2 nitrogen and oxygen atoms in total. The SMILES string of the molecule is N#Cc1cccc(C(F)(F)F)c1-n1c2ccccc2c2ccccc21. The van der Waals surface area contributed by atoms with E-state index in [1.807, 2.05) is 30.3 Å². The molecule has 1 aromatic heterocycles. The van der Waals surface area contributed by atoms with Crippen LogP contribution in [0.5, 0.6) is 0 Å². The molecule has 4 rings (SSSR count). The van der Waals surface area contributed by atoms with Crippen LogP contribution in [0, 0.1) is 11.3 Å². The van der Waals surface area contributed by atoms with Crippen LogP contribution in [0.4, 0.5) is 13.2 Å². The minimum atomic E-state index is -4.56. The smallest absolute Gasteiger partial charge is 0.307 e. The maximum atomic E-state index is 13.6. The van der Waals surface area contributed by atoms with E-state index in [0.29, 0.717) is 11.0 Å². The predicted molar refractivity (Wildman–Crippen MR) is 90.5 cm³/mol. The fourth-order valence-electron chi connectivity index (χ4n) is 3.27. The van der Waals surface area contributed by atoms with E-state index in [4.69, 9.17) is 0 Å². The van der Waals surface area contributed by atoms with Crippen LogP contribution in [0.2, 0.25) is 0 Å². The molecule has 0 amide bonds. The maximum Gasteiger partial charge on any atom is 0.418 e. The van der Waals surface area contributed by atoms with E-state index >= 15 is 0 Å². The average Bonchev–Trinajstić information content (AvgIpc) is 2.94. The Kier molecular flexibility index (Phi) is 3.29. The van der Waals surface area contributed by atoms with Gasteiger partial charge in [-0.25, -0.2) is 0 Å². The molecule has 0 aliphatic carbocycles. The molecule has 0 N–H and O–H groups in total. The highest BCUT2D eigenvalue weighted by atomic mass is 19.4. The topological polar surface area (TPSA) is 28.7 Å². The number of hydrogen-bond donors (Lipinski definition) is 0. The van der Waals surface area contributed by atoms with Crippen molar-refractivity contribution >= 4 is 21.8 Å². The van der Waals surface area contributed by atoms with E-state index in [1.165, 1.54) is 16.7 Å². The van der Waals surface area contributed by atoms with Gasteiger partial charge in [0.05, 0.1) is 27.8 Å². The number of alkyl halides is 3. The molecule has 0 unspecified atom stereocenters. The first-order chi connectivity index (χ1) is 12.0. The third kappa shape index (κ3) is 2.26. The molecule has 122 valence electrons. The van der Waals surface area contributed by atoms with E-state index in [0.717, 1.165) is 16.8 Å². The summed E-state index contributed by atoms with van der Waals surface area (Å²) in [6, 6.07) is 20.1. The van der Waals surface area contributed by atoms with Gasteiger partial charge >= 0.3 is 6.18 Å². The van der Waals surface area contributed by atoms with Crippen LogP contribution >= 0.6 is 0 Å². The number of aromatic nitrogens is 1. The molecule has 0 saturated heterocycles. The number of fused-ring (bicyclic) bond motifs is 3. The van der Waals surface area contributed by atoms with E-state index in [2.05, 4.69) is 0 Å². The van der Waals surface area contributed by atoms with Gasteiger partial charge in [-0.3, -0.25) is 0 Å². The van der Waals surface area contributed by atoms with Crippen LogP contribution in [0.15, 0.2) is 66.7 Å². The number of benzene rings is 3. The molecule has 0 fully saturated rings. The third-order valence-corrected chi connectivity index (χ3v) is 4.27. The van der Waals surface area contributed by atoms with Crippen LogP contribution in [-0.4, -0.2) is 4.57 Å². The maximum absolute atomic E-state index is 13.6. The van der Waals surface area contributed by atoms with Gasteiger partial charge in [0.1, 0.15) is 6.07 Å². The van der Waals surface area contributed by atoms with Gasteiger partial charge in [-0.1, -0.05) is 42.5 Å². The lowest BCUT2D eigenvalue weighted by Crippen LogP contribution is -2.12. The standard InChI is InChI=1S/C20H11F3N2/c21-20(22,23)16-9-5-6-13(12-24)19(16)25-17-10-3-1-7-14(17)15-8-2-4-11-18(15)25/h1-11H. The van der Waals surface area contributed by atoms with Crippen molar-refractivity contribution in [3.8, 4) is 11.8 Å². The van der Waals surface area contributed by atoms with E-state index in [1.54, 1.807) is 24.3 Å². The molecule has 0 atom stereocenters. The van der Waals surface area contributed by atoms with Gasteiger partial charge < -0.3 is 4.57 Å². The highest BCUT2D eigenvalue weighted by Crippen LogP contribution is 2.39. The fourth-order valence-corrected chi connectivity index (χ4v) is 3.27. The molecule has 0 bridgehead atoms.